The number of Topliss-reactive ketones (excluding diaryl/α,β-unsaturated/α-hetero) is 1. The Morgan fingerprint density at radius 3 is 2.12 bits per heavy atom. The van der Waals surface area contributed by atoms with E-state index in [-0.39, 0.29) is 5.78 Å². The van der Waals surface area contributed by atoms with Gasteiger partial charge in [-0.25, -0.2) is 4.79 Å². The van der Waals surface area contributed by atoms with Crippen molar-refractivity contribution in [2.24, 2.45) is 0 Å². The predicted octanol–water partition coefficient (Wildman–Crippen LogP) is 2.61. The van der Waals surface area contributed by atoms with Crippen LogP contribution in [0.2, 0.25) is 0 Å². The molecule has 0 bridgehead atoms. The number of carbonyl (C=O) groups excluding carboxylic acids is 2. The van der Waals surface area contributed by atoms with Crippen LogP contribution in [0.1, 0.15) is 48.0 Å². The van der Waals surface area contributed by atoms with E-state index < -0.39 is 17.7 Å². The van der Waals surface area contributed by atoms with Crippen molar-refractivity contribution in [3.63, 3.8) is 0 Å². The van der Waals surface area contributed by atoms with Crippen molar-refractivity contribution in [3.05, 3.63) is 0 Å². The number of hydrogen-bond donors (Lipinski definition) is 0. The molecule has 0 saturated carbocycles. The van der Waals surface area contributed by atoms with Gasteiger partial charge in [0.1, 0.15) is 5.60 Å². The number of rotatable bonds is 4. The maximum absolute atomic E-state index is 11.8. The summed E-state index contributed by atoms with van der Waals surface area (Å²) in [6, 6.07) is -0.421. The molecule has 0 unspecified atom stereocenters. The zero-order valence-electron chi connectivity index (χ0n) is 11.2. The van der Waals surface area contributed by atoms with Crippen molar-refractivity contribution in [2.45, 2.75) is 59.6 Å². The molecule has 16 heavy (non-hydrogen) atoms. The van der Waals surface area contributed by atoms with Crippen LogP contribution >= 0.6 is 0 Å². The van der Waals surface area contributed by atoms with E-state index in [9.17, 15) is 9.59 Å². The maximum Gasteiger partial charge on any atom is 0.410 e. The van der Waals surface area contributed by atoms with Gasteiger partial charge in [-0.2, -0.15) is 0 Å². The van der Waals surface area contributed by atoms with Crippen molar-refractivity contribution in [3.8, 4) is 0 Å². The lowest BCUT2D eigenvalue weighted by molar-refractivity contribution is -0.121. The Balaban J connectivity index is 4.65. The lowest BCUT2D eigenvalue weighted by Crippen LogP contribution is -2.45. The van der Waals surface area contributed by atoms with Crippen molar-refractivity contribution >= 4 is 11.9 Å². The number of carbonyl (C=O) groups is 2. The molecule has 0 heterocycles. The monoisotopic (exact) mass is 229 g/mol. The average Bonchev–Trinajstić information content (AvgIpc) is 2.09. The molecule has 0 aliphatic heterocycles. The fourth-order valence-electron chi connectivity index (χ4n) is 1.22. The van der Waals surface area contributed by atoms with Gasteiger partial charge in [0.25, 0.3) is 0 Å². The summed E-state index contributed by atoms with van der Waals surface area (Å²) < 4.78 is 5.26. The normalized spacial score (nSPS) is 13.1. The van der Waals surface area contributed by atoms with Crippen LogP contribution < -0.4 is 0 Å². The molecular weight excluding hydrogens is 206 g/mol. The van der Waals surface area contributed by atoms with Crippen molar-refractivity contribution in [1.29, 1.82) is 0 Å². The second-order valence-corrected chi connectivity index (χ2v) is 4.96. The van der Waals surface area contributed by atoms with Crippen LogP contribution in [0.4, 0.5) is 4.79 Å². The number of amides is 1. The first-order valence-corrected chi connectivity index (χ1v) is 5.69. The molecule has 4 nitrogen and oxygen atoms in total. The van der Waals surface area contributed by atoms with Gasteiger partial charge in [-0.1, -0.05) is 6.92 Å². The number of ether oxygens (including phenoxy) is 1. The van der Waals surface area contributed by atoms with Crippen LogP contribution in [0.15, 0.2) is 0 Å². The van der Waals surface area contributed by atoms with Gasteiger partial charge >= 0.3 is 6.09 Å². The smallest absolute Gasteiger partial charge is 0.410 e. The lowest BCUT2D eigenvalue weighted by Gasteiger charge is -2.30. The van der Waals surface area contributed by atoms with E-state index in [4.69, 9.17) is 4.74 Å². The van der Waals surface area contributed by atoms with E-state index >= 15 is 0 Å². The zero-order valence-corrected chi connectivity index (χ0v) is 11.2. The minimum absolute atomic E-state index is 0.0284. The Morgan fingerprint density at radius 2 is 1.81 bits per heavy atom. The molecule has 0 N–H and O–H groups in total. The molecule has 1 atom stereocenters. The molecule has 4 heteroatoms. The fraction of sp³-hybridized carbons (Fsp3) is 0.833. The summed E-state index contributed by atoms with van der Waals surface area (Å²) in [7, 11) is 0. The highest BCUT2D eigenvalue weighted by molar-refractivity contribution is 5.85. The summed E-state index contributed by atoms with van der Waals surface area (Å²) in [5.41, 5.74) is -0.528. The summed E-state index contributed by atoms with van der Waals surface area (Å²) in [5, 5.41) is 0. The van der Waals surface area contributed by atoms with Gasteiger partial charge in [-0.15, -0.1) is 0 Å². The largest absolute Gasteiger partial charge is 0.444 e. The summed E-state index contributed by atoms with van der Waals surface area (Å²) in [6.45, 7) is 11.1. The lowest BCUT2D eigenvalue weighted by atomic mass is 10.2. The van der Waals surface area contributed by atoms with Crippen molar-refractivity contribution in [2.75, 3.05) is 6.54 Å². The number of hydrogen-bond acceptors (Lipinski definition) is 3. The Morgan fingerprint density at radius 1 is 1.31 bits per heavy atom. The third kappa shape index (κ3) is 5.14. The molecule has 0 saturated heterocycles. The number of nitrogens with zero attached hydrogens (tertiary/aromatic N) is 1. The highest BCUT2D eigenvalue weighted by Crippen LogP contribution is 2.12. The molecule has 0 rings (SSSR count). The maximum atomic E-state index is 11.8. The third-order valence-electron chi connectivity index (χ3n) is 2.15. The fourth-order valence-corrected chi connectivity index (χ4v) is 1.22. The summed E-state index contributed by atoms with van der Waals surface area (Å²) in [4.78, 5) is 24.6. The standard InChI is InChI=1S/C12H23NO3/c1-7-8-13(9(2)10(3)14)11(15)16-12(4,5)6/h9H,7-8H2,1-6H3/t9-/m1/s1. The molecule has 94 valence electrons. The van der Waals surface area contributed by atoms with Crippen LogP contribution in [0, 0.1) is 0 Å². The minimum atomic E-state index is -0.528. The van der Waals surface area contributed by atoms with Crippen LogP contribution in [-0.4, -0.2) is 35.0 Å². The second kappa shape index (κ2) is 5.87. The molecule has 0 fully saturated rings. The molecule has 0 aromatic heterocycles. The van der Waals surface area contributed by atoms with E-state index in [1.165, 1.54) is 11.8 Å². The van der Waals surface area contributed by atoms with Gasteiger partial charge in [-0.3, -0.25) is 9.69 Å². The van der Waals surface area contributed by atoms with Gasteiger partial charge in [0.05, 0.1) is 6.04 Å². The van der Waals surface area contributed by atoms with Crippen molar-refractivity contribution in [1.82, 2.24) is 4.90 Å². The van der Waals surface area contributed by atoms with Gasteiger partial charge in [0, 0.05) is 6.54 Å². The highest BCUT2D eigenvalue weighted by atomic mass is 16.6. The molecule has 0 aromatic carbocycles. The van der Waals surface area contributed by atoms with E-state index in [0.717, 1.165) is 6.42 Å². The SMILES string of the molecule is CCCN(C(=O)OC(C)(C)C)[C@H](C)C(C)=O. The Labute approximate surface area is 98.0 Å². The Kier molecular flexibility index (Phi) is 5.48. The molecule has 0 aliphatic carbocycles. The molecule has 0 radical (unpaired) electrons. The Hall–Kier alpha value is -1.06. The zero-order chi connectivity index (χ0) is 12.9. The van der Waals surface area contributed by atoms with Gasteiger partial charge < -0.3 is 4.74 Å². The van der Waals surface area contributed by atoms with Crippen LogP contribution in [0.5, 0.6) is 0 Å². The summed E-state index contributed by atoms with van der Waals surface area (Å²) in [6.07, 6.45) is 0.383. The predicted molar refractivity (Wildman–Crippen MR) is 63.4 cm³/mol. The van der Waals surface area contributed by atoms with Gasteiger partial charge in [0.2, 0.25) is 0 Å². The van der Waals surface area contributed by atoms with Gasteiger partial charge in [-0.05, 0) is 41.0 Å². The number of ketones is 1. The van der Waals surface area contributed by atoms with Crippen LogP contribution in [0.25, 0.3) is 0 Å². The van der Waals surface area contributed by atoms with E-state index in [0.29, 0.717) is 6.54 Å². The topological polar surface area (TPSA) is 46.6 Å². The second-order valence-electron chi connectivity index (χ2n) is 4.96. The first kappa shape index (κ1) is 14.9. The van der Waals surface area contributed by atoms with E-state index in [1.54, 1.807) is 6.92 Å². The third-order valence-corrected chi connectivity index (χ3v) is 2.15. The van der Waals surface area contributed by atoms with Crippen LogP contribution in [-0.2, 0) is 9.53 Å². The first-order chi connectivity index (χ1) is 7.19. The molecule has 1 amide bonds. The summed E-state index contributed by atoms with van der Waals surface area (Å²) >= 11 is 0. The highest BCUT2D eigenvalue weighted by Gasteiger charge is 2.27. The first-order valence-electron chi connectivity index (χ1n) is 5.69. The van der Waals surface area contributed by atoms with Crippen LogP contribution in [0.3, 0.4) is 0 Å². The van der Waals surface area contributed by atoms with Gasteiger partial charge in [0.15, 0.2) is 5.78 Å². The quantitative estimate of drug-likeness (QED) is 0.744. The Bertz CT molecular complexity index is 255. The summed E-state index contributed by atoms with van der Waals surface area (Å²) in [5.74, 6) is -0.0284. The molecular formula is C12H23NO3. The molecule has 0 aliphatic rings. The van der Waals surface area contributed by atoms with Crippen molar-refractivity contribution < 1.29 is 14.3 Å². The minimum Gasteiger partial charge on any atom is -0.444 e. The average molecular weight is 229 g/mol. The molecule has 0 spiro atoms. The molecule has 0 aromatic rings. The van der Waals surface area contributed by atoms with E-state index in [1.807, 2.05) is 27.7 Å². The van der Waals surface area contributed by atoms with E-state index in [2.05, 4.69) is 0 Å².